The Balaban J connectivity index is 2.18. The van der Waals surface area contributed by atoms with E-state index >= 15 is 0 Å². The molecule has 3 N–H and O–H groups in total. The summed E-state index contributed by atoms with van der Waals surface area (Å²) >= 11 is 0. The Labute approximate surface area is 103 Å². The average Bonchev–Trinajstić information content (AvgIpc) is 2.32. The predicted molar refractivity (Wildman–Crippen MR) is 69.7 cm³/mol. The number of hydrogen-bond donors (Lipinski definition) is 2. The maximum atomic E-state index is 11.6. The number of aromatic nitrogens is 1. The average molecular weight is 235 g/mol. The first-order valence-electron chi connectivity index (χ1n) is 6.15. The molecule has 0 unspecified atom stereocenters. The van der Waals surface area contributed by atoms with Crippen LogP contribution in [0.5, 0.6) is 0 Å². The highest BCUT2D eigenvalue weighted by atomic mass is 16.1. The molecule has 0 fully saturated rings. The van der Waals surface area contributed by atoms with E-state index in [1.807, 2.05) is 19.1 Å². The van der Waals surface area contributed by atoms with Gasteiger partial charge in [0.15, 0.2) is 0 Å². The van der Waals surface area contributed by atoms with Crippen LogP contribution in [-0.2, 0) is 4.79 Å². The predicted octanol–water partition coefficient (Wildman–Crippen LogP) is 2.24. The molecule has 0 saturated heterocycles. The second kappa shape index (κ2) is 7.79. The van der Waals surface area contributed by atoms with Crippen LogP contribution in [0.4, 0.5) is 5.82 Å². The Kier molecular flexibility index (Phi) is 6.25. The summed E-state index contributed by atoms with van der Waals surface area (Å²) in [5, 5.41) is 2.79. The lowest BCUT2D eigenvalue weighted by molar-refractivity contribution is -0.116. The van der Waals surface area contributed by atoms with Gasteiger partial charge in [-0.15, -0.1) is 0 Å². The quantitative estimate of drug-likeness (QED) is 0.712. The van der Waals surface area contributed by atoms with Crippen LogP contribution in [0.3, 0.4) is 0 Å². The van der Waals surface area contributed by atoms with Gasteiger partial charge in [0, 0.05) is 12.6 Å². The van der Waals surface area contributed by atoms with E-state index in [1.165, 1.54) is 0 Å². The second-order valence-electron chi connectivity index (χ2n) is 4.22. The van der Waals surface area contributed by atoms with Crippen molar-refractivity contribution in [3.05, 3.63) is 23.9 Å². The minimum Gasteiger partial charge on any atom is -0.330 e. The third-order valence-electron chi connectivity index (χ3n) is 2.54. The van der Waals surface area contributed by atoms with Gasteiger partial charge >= 0.3 is 0 Å². The zero-order valence-corrected chi connectivity index (χ0v) is 10.4. The Morgan fingerprint density at radius 3 is 2.71 bits per heavy atom. The van der Waals surface area contributed by atoms with Gasteiger partial charge < -0.3 is 11.1 Å². The van der Waals surface area contributed by atoms with Crippen molar-refractivity contribution in [1.82, 2.24) is 4.98 Å². The Morgan fingerprint density at radius 1 is 1.29 bits per heavy atom. The highest BCUT2D eigenvalue weighted by molar-refractivity contribution is 5.89. The van der Waals surface area contributed by atoms with Gasteiger partial charge in [0.1, 0.15) is 5.82 Å². The summed E-state index contributed by atoms with van der Waals surface area (Å²) in [4.78, 5) is 15.7. The monoisotopic (exact) mass is 235 g/mol. The number of nitrogens with one attached hydrogen (secondary N) is 1. The highest BCUT2D eigenvalue weighted by Gasteiger charge is 2.02. The molecule has 0 bridgehead atoms. The smallest absolute Gasteiger partial charge is 0.225 e. The Bertz CT molecular complexity index is 335. The van der Waals surface area contributed by atoms with Gasteiger partial charge in [-0.25, -0.2) is 4.98 Å². The van der Waals surface area contributed by atoms with E-state index in [-0.39, 0.29) is 5.91 Å². The van der Waals surface area contributed by atoms with E-state index in [2.05, 4.69) is 10.3 Å². The van der Waals surface area contributed by atoms with E-state index < -0.39 is 0 Å². The van der Waals surface area contributed by atoms with Gasteiger partial charge in [-0.05, 0) is 37.9 Å². The molecule has 1 amide bonds. The van der Waals surface area contributed by atoms with Crippen molar-refractivity contribution in [3.63, 3.8) is 0 Å². The second-order valence-corrected chi connectivity index (χ2v) is 4.22. The number of hydrogen-bond acceptors (Lipinski definition) is 3. The standard InChI is InChI=1S/C13H21N3O/c1-11-7-8-12(15-10-11)16-13(17)6-4-2-3-5-9-14/h7-8,10H,2-6,9,14H2,1H3,(H,15,16,17). The molecule has 17 heavy (non-hydrogen) atoms. The molecule has 0 aliphatic heterocycles. The van der Waals surface area contributed by atoms with E-state index in [0.29, 0.717) is 12.2 Å². The van der Waals surface area contributed by atoms with Gasteiger partial charge in [-0.3, -0.25) is 4.79 Å². The fourth-order valence-corrected chi connectivity index (χ4v) is 1.53. The Morgan fingerprint density at radius 2 is 2.06 bits per heavy atom. The first-order valence-corrected chi connectivity index (χ1v) is 6.15. The first kappa shape index (κ1) is 13.6. The van der Waals surface area contributed by atoms with Crippen molar-refractivity contribution in [3.8, 4) is 0 Å². The largest absolute Gasteiger partial charge is 0.330 e. The zero-order valence-electron chi connectivity index (χ0n) is 10.4. The van der Waals surface area contributed by atoms with Gasteiger partial charge in [-0.2, -0.15) is 0 Å². The van der Waals surface area contributed by atoms with Crippen molar-refractivity contribution in [1.29, 1.82) is 0 Å². The minimum atomic E-state index is 0.0362. The molecule has 1 aromatic heterocycles. The summed E-state index contributed by atoms with van der Waals surface area (Å²) < 4.78 is 0. The van der Waals surface area contributed by atoms with E-state index in [9.17, 15) is 4.79 Å². The van der Waals surface area contributed by atoms with Crippen LogP contribution in [-0.4, -0.2) is 17.4 Å². The molecular weight excluding hydrogens is 214 g/mol. The number of unbranched alkanes of at least 4 members (excludes halogenated alkanes) is 3. The number of carbonyl (C=O) groups excluding carboxylic acids is 1. The molecular formula is C13H21N3O. The van der Waals surface area contributed by atoms with Crippen LogP contribution < -0.4 is 11.1 Å². The fourth-order valence-electron chi connectivity index (χ4n) is 1.53. The highest BCUT2D eigenvalue weighted by Crippen LogP contribution is 2.07. The molecule has 0 aliphatic carbocycles. The molecule has 0 aromatic carbocycles. The van der Waals surface area contributed by atoms with Crippen LogP contribution in [0.15, 0.2) is 18.3 Å². The number of nitrogens with zero attached hydrogens (tertiary/aromatic N) is 1. The molecule has 94 valence electrons. The van der Waals surface area contributed by atoms with Crippen molar-refractivity contribution >= 4 is 11.7 Å². The SMILES string of the molecule is Cc1ccc(NC(=O)CCCCCCN)nc1. The lowest BCUT2D eigenvalue weighted by Crippen LogP contribution is -2.12. The first-order chi connectivity index (χ1) is 8.22. The normalized spacial score (nSPS) is 10.2. The Hall–Kier alpha value is -1.42. The van der Waals surface area contributed by atoms with Gasteiger partial charge in [0.2, 0.25) is 5.91 Å². The lowest BCUT2D eigenvalue weighted by Gasteiger charge is -2.04. The molecule has 0 aliphatic rings. The molecule has 0 radical (unpaired) electrons. The number of rotatable bonds is 7. The number of pyridine rings is 1. The molecule has 0 spiro atoms. The van der Waals surface area contributed by atoms with Crippen molar-refractivity contribution < 1.29 is 4.79 Å². The van der Waals surface area contributed by atoms with Crippen molar-refractivity contribution in [2.24, 2.45) is 5.73 Å². The molecule has 1 heterocycles. The van der Waals surface area contributed by atoms with E-state index in [4.69, 9.17) is 5.73 Å². The zero-order chi connectivity index (χ0) is 12.5. The lowest BCUT2D eigenvalue weighted by atomic mass is 10.1. The maximum Gasteiger partial charge on any atom is 0.225 e. The number of aryl methyl sites for hydroxylation is 1. The molecule has 1 aromatic rings. The molecule has 1 rings (SSSR count). The van der Waals surface area contributed by atoms with Crippen LogP contribution in [0.25, 0.3) is 0 Å². The molecule has 0 atom stereocenters. The summed E-state index contributed by atoms with van der Waals surface area (Å²) in [6, 6.07) is 3.76. The van der Waals surface area contributed by atoms with Crippen LogP contribution in [0.2, 0.25) is 0 Å². The molecule has 4 nitrogen and oxygen atoms in total. The minimum absolute atomic E-state index is 0.0362. The number of anilines is 1. The third-order valence-corrected chi connectivity index (χ3v) is 2.54. The summed E-state index contributed by atoms with van der Waals surface area (Å²) in [6.07, 6.45) is 6.42. The van der Waals surface area contributed by atoms with Crippen molar-refractivity contribution in [2.75, 3.05) is 11.9 Å². The van der Waals surface area contributed by atoms with Crippen molar-refractivity contribution in [2.45, 2.75) is 39.0 Å². The number of amides is 1. The molecule has 4 heteroatoms. The third kappa shape index (κ3) is 6.02. The summed E-state index contributed by atoms with van der Waals surface area (Å²) in [5.41, 5.74) is 6.49. The summed E-state index contributed by atoms with van der Waals surface area (Å²) in [6.45, 7) is 2.70. The van der Waals surface area contributed by atoms with Gasteiger partial charge in [0.05, 0.1) is 0 Å². The maximum absolute atomic E-state index is 11.6. The van der Waals surface area contributed by atoms with Crippen LogP contribution in [0.1, 0.15) is 37.7 Å². The van der Waals surface area contributed by atoms with E-state index in [1.54, 1.807) is 6.20 Å². The summed E-state index contributed by atoms with van der Waals surface area (Å²) in [5.74, 6) is 0.664. The van der Waals surface area contributed by atoms with Gasteiger partial charge in [-0.1, -0.05) is 18.9 Å². The van der Waals surface area contributed by atoms with E-state index in [0.717, 1.165) is 37.8 Å². The van der Waals surface area contributed by atoms with Gasteiger partial charge in [0.25, 0.3) is 0 Å². The van der Waals surface area contributed by atoms with Crippen LogP contribution in [0, 0.1) is 6.92 Å². The van der Waals surface area contributed by atoms with Crippen LogP contribution >= 0.6 is 0 Å². The summed E-state index contributed by atoms with van der Waals surface area (Å²) in [7, 11) is 0. The fraction of sp³-hybridized carbons (Fsp3) is 0.538. The molecule has 0 saturated carbocycles. The number of nitrogens with two attached hydrogens (primary N) is 1. The topological polar surface area (TPSA) is 68.0 Å². The number of carbonyl (C=O) groups is 1.